The van der Waals surface area contributed by atoms with Gasteiger partial charge in [0.1, 0.15) is 5.75 Å². The average Bonchev–Trinajstić information content (AvgIpc) is 3.12. The smallest absolute Gasteiger partial charge is 0.212 e. The first-order valence-corrected chi connectivity index (χ1v) is 10.3. The normalized spacial score (nSPS) is 13.2. The Bertz CT molecular complexity index is 951. The molecule has 4 rings (SSSR count). The molecule has 0 saturated carbocycles. The topological polar surface area (TPSA) is 52.3 Å². The van der Waals surface area contributed by atoms with Crippen LogP contribution in [-0.2, 0) is 0 Å². The molecule has 0 amide bonds. The molecule has 0 spiro atoms. The van der Waals surface area contributed by atoms with E-state index in [1.807, 2.05) is 53.2 Å². The summed E-state index contributed by atoms with van der Waals surface area (Å²) in [6.45, 7) is 2.89. The number of unbranched alkanes of at least 4 members (excludes halogenated alkanes) is 1. The van der Waals surface area contributed by atoms with Gasteiger partial charge in [-0.1, -0.05) is 48.8 Å². The molecule has 0 unspecified atom stereocenters. The number of nitrogens with zero attached hydrogens (tertiary/aromatic N) is 4. The summed E-state index contributed by atoms with van der Waals surface area (Å²) in [6, 6.07) is 15.6. The van der Waals surface area contributed by atoms with Gasteiger partial charge in [-0.15, -0.1) is 10.2 Å². The van der Waals surface area contributed by atoms with Crippen LogP contribution in [0.2, 0.25) is 5.02 Å². The summed E-state index contributed by atoms with van der Waals surface area (Å²) < 4.78 is 7.54. The first kappa shape index (κ1) is 18.1. The Morgan fingerprint density at radius 1 is 1.04 bits per heavy atom. The van der Waals surface area contributed by atoms with Crippen molar-refractivity contribution in [1.29, 1.82) is 0 Å². The second-order valence-electron chi connectivity index (χ2n) is 6.19. The minimum atomic E-state index is 0.717. The lowest BCUT2D eigenvalue weighted by Gasteiger charge is -2.14. The predicted octanol–water partition coefficient (Wildman–Crippen LogP) is 5.14. The van der Waals surface area contributed by atoms with Crippen LogP contribution in [0, 0.1) is 0 Å². The molecule has 0 radical (unpaired) electrons. The molecular weight excluding hydrogens is 380 g/mol. The molecule has 27 heavy (non-hydrogen) atoms. The lowest BCUT2D eigenvalue weighted by molar-refractivity contribution is 0.309. The maximum Gasteiger partial charge on any atom is 0.212 e. The van der Waals surface area contributed by atoms with Gasteiger partial charge in [0.15, 0.2) is 5.82 Å². The van der Waals surface area contributed by atoms with Crippen LogP contribution < -0.4 is 4.74 Å². The molecule has 0 fully saturated rings. The van der Waals surface area contributed by atoms with Crippen LogP contribution in [-0.4, -0.2) is 32.9 Å². The highest BCUT2D eigenvalue weighted by Gasteiger charge is 2.20. The molecule has 0 aliphatic carbocycles. The van der Waals surface area contributed by atoms with Gasteiger partial charge in [-0.05, 0) is 48.4 Å². The second kappa shape index (κ2) is 8.15. The van der Waals surface area contributed by atoms with Crippen molar-refractivity contribution in [2.75, 3.05) is 12.4 Å². The number of aromatic nitrogens is 3. The largest absolute Gasteiger partial charge is 0.494 e. The summed E-state index contributed by atoms with van der Waals surface area (Å²) in [6.07, 6.45) is 2.18. The summed E-state index contributed by atoms with van der Waals surface area (Å²) >= 11 is 7.62. The van der Waals surface area contributed by atoms with E-state index in [0.29, 0.717) is 0 Å². The summed E-state index contributed by atoms with van der Waals surface area (Å²) in [4.78, 5) is 0. The minimum Gasteiger partial charge on any atom is -0.494 e. The van der Waals surface area contributed by atoms with E-state index in [-0.39, 0.29) is 0 Å². The Labute approximate surface area is 167 Å². The second-order valence-corrected chi connectivity index (χ2v) is 7.57. The van der Waals surface area contributed by atoms with Gasteiger partial charge in [0.05, 0.1) is 12.3 Å². The number of ether oxygens (including phenoxy) is 1. The number of hydrogen-bond donors (Lipinski definition) is 0. The average molecular weight is 399 g/mol. The Hall–Kier alpha value is -2.31. The van der Waals surface area contributed by atoms with Crippen molar-refractivity contribution < 1.29 is 4.74 Å². The van der Waals surface area contributed by atoms with Crippen LogP contribution in [0.1, 0.15) is 25.3 Å². The molecular formula is C20H19ClN4OS. The zero-order valence-electron chi connectivity index (χ0n) is 14.9. The summed E-state index contributed by atoms with van der Waals surface area (Å²) in [5.74, 6) is 2.35. The molecule has 0 saturated heterocycles. The van der Waals surface area contributed by atoms with E-state index in [9.17, 15) is 0 Å². The molecule has 2 aromatic carbocycles. The molecule has 1 aliphatic heterocycles. The Kier molecular flexibility index (Phi) is 5.45. The van der Waals surface area contributed by atoms with Crippen LogP contribution in [0.5, 0.6) is 5.75 Å². The standard InChI is InChI=1S/C20H19ClN4OS/c1-2-3-12-26-17-10-6-15(7-11-17)19-22-23-20-25(19)24-18(13-27-20)14-4-8-16(21)9-5-14/h4-11H,2-3,12-13H2,1H3. The number of halogens is 1. The van der Waals surface area contributed by atoms with E-state index in [2.05, 4.69) is 17.1 Å². The first-order chi connectivity index (χ1) is 13.2. The zero-order chi connectivity index (χ0) is 18.6. The molecule has 0 atom stereocenters. The van der Waals surface area contributed by atoms with Crippen LogP contribution in [0.4, 0.5) is 0 Å². The van der Waals surface area contributed by atoms with Gasteiger partial charge >= 0.3 is 0 Å². The van der Waals surface area contributed by atoms with Crippen LogP contribution in [0.25, 0.3) is 11.4 Å². The minimum absolute atomic E-state index is 0.717. The summed E-state index contributed by atoms with van der Waals surface area (Å²) in [7, 11) is 0. The van der Waals surface area contributed by atoms with Gasteiger partial charge < -0.3 is 4.74 Å². The van der Waals surface area contributed by atoms with Crippen molar-refractivity contribution in [3.8, 4) is 17.1 Å². The molecule has 1 aromatic heterocycles. The van der Waals surface area contributed by atoms with Gasteiger partial charge in [-0.2, -0.15) is 9.78 Å². The molecule has 7 heteroatoms. The predicted molar refractivity (Wildman–Crippen MR) is 110 cm³/mol. The third-order valence-electron chi connectivity index (χ3n) is 4.23. The lowest BCUT2D eigenvalue weighted by atomic mass is 10.1. The molecule has 5 nitrogen and oxygen atoms in total. The summed E-state index contributed by atoms with van der Waals surface area (Å²) in [5.41, 5.74) is 2.99. The highest BCUT2D eigenvalue weighted by atomic mass is 35.5. The van der Waals surface area contributed by atoms with E-state index in [4.69, 9.17) is 21.4 Å². The molecule has 2 heterocycles. The van der Waals surface area contributed by atoms with Crippen molar-refractivity contribution in [1.82, 2.24) is 14.9 Å². The van der Waals surface area contributed by atoms with Gasteiger partial charge in [0.25, 0.3) is 0 Å². The fourth-order valence-corrected chi connectivity index (χ4v) is 3.69. The maximum absolute atomic E-state index is 5.99. The van der Waals surface area contributed by atoms with Crippen LogP contribution >= 0.6 is 23.4 Å². The third kappa shape index (κ3) is 4.01. The van der Waals surface area contributed by atoms with E-state index in [1.165, 1.54) is 0 Å². The third-order valence-corrected chi connectivity index (χ3v) is 5.41. The number of hydrogen-bond acceptors (Lipinski definition) is 5. The van der Waals surface area contributed by atoms with Crippen molar-refractivity contribution in [3.05, 3.63) is 59.1 Å². The number of rotatable bonds is 6. The van der Waals surface area contributed by atoms with Crippen molar-refractivity contribution in [2.24, 2.45) is 5.10 Å². The first-order valence-electron chi connectivity index (χ1n) is 8.90. The van der Waals surface area contributed by atoms with Crippen molar-refractivity contribution in [3.63, 3.8) is 0 Å². The highest BCUT2D eigenvalue weighted by molar-refractivity contribution is 7.99. The molecule has 0 N–H and O–H groups in total. The van der Waals surface area contributed by atoms with Gasteiger partial charge in [0, 0.05) is 16.3 Å². The van der Waals surface area contributed by atoms with E-state index >= 15 is 0 Å². The maximum atomic E-state index is 5.99. The van der Waals surface area contributed by atoms with Crippen LogP contribution in [0.3, 0.4) is 0 Å². The molecule has 3 aromatic rings. The monoisotopic (exact) mass is 398 g/mol. The number of fused-ring (bicyclic) bond motifs is 1. The zero-order valence-corrected chi connectivity index (χ0v) is 16.5. The Balaban J connectivity index is 1.60. The number of benzene rings is 2. The fraction of sp³-hybridized carbons (Fsp3) is 0.250. The van der Waals surface area contributed by atoms with Crippen molar-refractivity contribution in [2.45, 2.75) is 24.9 Å². The quantitative estimate of drug-likeness (QED) is 0.540. The van der Waals surface area contributed by atoms with E-state index in [0.717, 1.165) is 63.8 Å². The van der Waals surface area contributed by atoms with Crippen LogP contribution in [0.15, 0.2) is 58.8 Å². The summed E-state index contributed by atoms with van der Waals surface area (Å²) in [5, 5.41) is 14.9. The Morgan fingerprint density at radius 2 is 1.78 bits per heavy atom. The molecule has 0 bridgehead atoms. The van der Waals surface area contributed by atoms with Gasteiger partial charge in [-0.25, -0.2) is 0 Å². The highest BCUT2D eigenvalue weighted by Crippen LogP contribution is 2.29. The Morgan fingerprint density at radius 3 is 2.52 bits per heavy atom. The molecule has 138 valence electrons. The SMILES string of the molecule is CCCCOc1ccc(-c2nnc3n2N=C(c2ccc(Cl)cc2)CS3)cc1. The van der Waals surface area contributed by atoms with Gasteiger partial charge in [-0.3, -0.25) is 0 Å². The van der Waals surface area contributed by atoms with Crippen molar-refractivity contribution >= 4 is 29.1 Å². The molecule has 1 aliphatic rings. The lowest BCUT2D eigenvalue weighted by Crippen LogP contribution is -2.13. The van der Waals surface area contributed by atoms with E-state index in [1.54, 1.807) is 11.8 Å². The fourth-order valence-electron chi connectivity index (χ4n) is 2.73. The van der Waals surface area contributed by atoms with Gasteiger partial charge in [0.2, 0.25) is 5.16 Å². The van der Waals surface area contributed by atoms with E-state index < -0.39 is 0 Å². The number of thioether (sulfide) groups is 1.